The summed E-state index contributed by atoms with van der Waals surface area (Å²) < 4.78 is 10.5. The number of hydrogen-bond donors (Lipinski definition) is 4. The largest absolute Gasteiger partial charge is 0.431 e. The number of nitrogens with two attached hydrogens (primary N) is 2. The Labute approximate surface area is 331 Å². The molecule has 2 aliphatic rings. The van der Waals surface area contributed by atoms with Crippen LogP contribution in [0, 0.1) is 0 Å². The molecular formula is C40H38N12O6. The molecule has 4 aromatic heterocycles. The number of benzene rings is 2. The minimum absolute atomic E-state index is 0.370. The molecule has 4 amide bonds. The predicted molar refractivity (Wildman–Crippen MR) is 205 cm³/mol. The van der Waals surface area contributed by atoms with E-state index in [1.807, 2.05) is 12.1 Å². The molecule has 18 nitrogen and oxygen atoms in total. The van der Waals surface area contributed by atoms with E-state index in [2.05, 4.69) is 40.3 Å². The molecule has 2 aromatic carbocycles. The van der Waals surface area contributed by atoms with Crippen LogP contribution in [0.2, 0.25) is 0 Å². The molecule has 58 heavy (non-hydrogen) atoms. The third kappa shape index (κ3) is 7.79. The number of nitrogens with zero attached hydrogens (tertiary/aromatic N) is 8. The van der Waals surface area contributed by atoms with Crippen LogP contribution in [-0.2, 0) is 19.1 Å². The molecule has 2 fully saturated rings. The smallest absolute Gasteiger partial charge is 0.405 e. The molecule has 294 valence electrons. The van der Waals surface area contributed by atoms with Gasteiger partial charge in [-0.2, -0.15) is 0 Å². The molecule has 0 bridgehead atoms. The van der Waals surface area contributed by atoms with Gasteiger partial charge in [0, 0.05) is 24.2 Å². The number of aromatic nitrogens is 8. The maximum atomic E-state index is 13.7. The molecule has 4 atom stereocenters. The van der Waals surface area contributed by atoms with Crippen molar-refractivity contribution < 1.29 is 28.7 Å². The summed E-state index contributed by atoms with van der Waals surface area (Å²) in [6.07, 6.45) is 1.67. The van der Waals surface area contributed by atoms with Gasteiger partial charge in [0.05, 0.1) is 35.9 Å². The Morgan fingerprint density at radius 3 is 1.31 bits per heavy atom. The monoisotopic (exact) mass is 782 g/mol. The van der Waals surface area contributed by atoms with Crippen molar-refractivity contribution >= 4 is 24.0 Å². The van der Waals surface area contributed by atoms with Crippen LogP contribution in [0.5, 0.6) is 0 Å². The van der Waals surface area contributed by atoms with E-state index in [1.54, 1.807) is 95.0 Å². The van der Waals surface area contributed by atoms with Crippen molar-refractivity contribution in [2.24, 2.45) is 11.5 Å². The lowest BCUT2D eigenvalue weighted by molar-refractivity contribution is -0.142. The number of ether oxygens (including phenoxy) is 2. The zero-order valence-corrected chi connectivity index (χ0v) is 31.0. The lowest BCUT2D eigenvalue weighted by Gasteiger charge is -2.27. The summed E-state index contributed by atoms with van der Waals surface area (Å²) in [4.78, 5) is 69.8. The number of likely N-dealkylation sites (tertiary alicyclic amines) is 2. The van der Waals surface area contributed by atoms with E-state index in [-0.39, 0.29) is 23.9 Å². The summed E-state index contributed by atoms with van der Waals surface area (Å²) in [6, 6.07) is 23.9. The lowest BCUT2D eigenvalue weighted by atomic mass is 10.1. The van der Waals surface area contributed by atoms with E-state index >= 15 is 0 Å². The van der Waals surface area contributed by atoms with Crippen LogP contribution in [0.25, 0.3) is 34.2 Å². The first-order chi connectivity index (χ1) is 28.2. The highest BCUT2D eigenvalue weighted by molar-refractivity contribution is 5.86. The average molecular weight is 783 g/mol. The zero-order valence-electron chi connectivity index (χ0n) is 31.0. The summed E-state index contributed by atoms with van der Waals surface area (Å²) >= 11 is 0. The highest BCUT2D eigenvalue weighted by atomic mass is 16.6. The van der Waals surface area contributed by atoms with Crippen LogP contribution in [0.1, 0.15) is 72.8 Å². The van der Waals surface area contributed by atoms with E-state index in [9.17, 15) is 19.2 Å². The first-order valence-electron chi connectivity index (χ1n) is 18.6. The third-order valence-electron chi connectivity index (χ3n) is 10.2. The van der Waals surface area contributed by atoms with Crippen LogP contribution >= 0.6 is 0 Å². The molecular weight excluding hydrogens is 745 g/mol. The average Bonchev–Trinajstić information content (AvgIpc) is 4.09. The van der Waals surface area contributed by atoms with Crippen LogP contribution in [0.15, 0.2) is 97.3 Å². The normalized spacial score (nSPS) is 17.4. The van der Waals surface area contributed by atoms with E-state index in [4.69, 9.17) is 20.9 Å². The number of H-pyrrole nitrogens is 2. The van der Waals surface area contributed by atoms with Gasteiger partial charge in [0.2, 0.25) is 12.2 Å². The van der Waals surface area contributed by atoms with Crippen molar-refractivity contribution in [3.63, 3.8) is 0 Å². The van der Waals surface area contributed by atoms with Crippen molar-refractivity contribution in [1.29, 1.82) is 0 Å². The zero-order chi connectivity index (χ0) is 40.2. The van der Waals surface area contributed by atoms with Crippen LogP contribution < -0.4 is 11.5 Å². The third-order valence-corrected chi connectivity index (χ3v) is 10.2. The fourth-order valence-electron chi connectivity index (χ4n) is 7.44. The number of rotatable bonds is 11. The van der Waals surface area contributed by atoms with Gasteiger partial charge in [-0.3, -0.25) is 9.59 Å². The molecule has 0 radical (unpaired) electrons. The van der Waals surface area contributed by atoms with E-state index in [0.717, 1.165) is 12.8 Å². The Balaban J connectivity index is 0.929. The number of primary amides is 2. The van der Waals surface area contributed by atoms with Crippen molar-refractivity contribution in [2.75, 3.05) is 13.1 Å². The molecule has 6 N–H and O–H groups in total. The second kappa shape index (κ2) is 16.3. The van der Waals surface area contributed by atoms with Gasteiger partial charge < -0.3 is 40.7 Å². The van der Waals surface area contributed by atoms with Crippen molar-refractivity contribution in [1.82, 2.24) is 50.1 Å². The van der Waals surface area contributed by atoms with Gasteiger partial charge in [-0.1, -0.05) is 60.7 Å². The number of imidazole rings is 2. The fourth-order valence-corrected chi connectivity index (χ4v) is 7.44. The van der Waals surface area contributed by atoms with Gasteiger partial charge in [0.25, 0.3) is 11.8 Å². The topological polar surface area (TPSA) is 254 Å². The Bertz CT molecular complexity index is 2240. The van der Waals surface area contributed by atoms with Gasteiger partial charge in [-0.05, 0) is 49.9 Å². The minimum Gasteiger partial charge on any atom is -0.431 e. The molecule has 6 heterocycles. The molecule has 8 rings (SSSR count). The first-order valence-corrected chi connectivity index (χ1v) is 18.6. The number of nitrogens with one attached hydrogen (secondary N) is 2. The van der Waals surface area contributed by atoms with Crippen LogP contribution in [0.3, 0.4) is 0 Å². The summed E-state index contributed by atoms with van der Waals surface area (Å²) in [7, 11) is 0. The molecule has 0 unspecified atom stereocenters. The Hall–Kier alpha value is -7.50. The lowest BCUT2D eigenvalue weighted by Crippen LogP contribution is -2.37. The van der Waals surface area contributed by atoms with Crippen molar-refractivity contribution in [2.45, 2.75) is 50.0 Å². The molecule has 6 aromatic rings. The molecule has 0 spiro atoms. The number of aromatic amines is 2. The number of carbonyl (C=O) groups excluding carboxylic acids is 4. The Kier molecular flexibility index (Phi) is 10.5. The highest BCUT2D eigenvalue weighted by Gasteiger charge is 2.39. The van der Waals surface area contributed by atoms with Gasteiger partial charge in [-0.15, -0.1) is 20.4 Å². The summed E-state index contributed by atoms with van der Waals surface area (Å²) in [5.74, 6) is 0.379. The maximum absolute atomic E-state index is 13.7. The molecule has 2 saturated heterocycles. The Morgan fingerprint density at radius 2 is 0.948 bits per heavy atom. The summed E-state index contributed by atoms with van der Waals surface area (Å²) in [6.45, 7) is 0.929. The van der Waals surface area contributed by atoms with E-state index in [0.29, 0.717) is 82.9 Å². The van der Waals surface area contributed by atoms with Crippen molar-refractivity contribution in [3.8, 4) is 34.2 Å². The first kappa shape index (κ1) is 37.4. The Morgan fingerprint density at radius 1 is 0.569 bits per heavy atom. The van der Waals surface area contributed by atoms with Gasteiger partial charge in [0.15, 0.2) is 0 Å². The second-order valence-electron chi connectivity index (χ2n) is 13.8. The quantitative estimate of drug-likeness (QED) is 0.139. The molecule has 0 aliphatic carbocycles. The SMILES string of the molecule is NC(=O)O[C@@H](C(=O)N1CCC[C@H]1c1ncc(-c2ccc(-c3ccc(-c4cnc([C@@H]5CCCN5C(=O)[C@H](OC(N)=O)c5ccccc5)[nH]4)nn3)nn2)[nH]1)c1ccccc1. The summed E-state index contributed by atoms with van der Waals surface area (Å²) in [5.41, 5.74) is 15.0. The van der Waals surface area contributed by atoms with Gasteiger partial charge >= 0.3 is 12.2 Å². The number of carbonyl (C=O) groups is 4. The van der Waals surface area contributed by atoms with E-state index < -0.39 is 24.4 Å². The van der Waals surface area contributed by atoms with E-state index in [1.165, 1.54) is 0 Å². The standard InChI is InChI=1S/C40H38N12O6/c41-39(55)57-33(23-9-3-1-4-10-23)37(53)51-19-7-13-31(51)35-43-21-29(45-35)27-17-15-25(47-49-27)26-16-18-28(50-48-26)30-22-44-36(46-30)32-14-8-20-52(32)38(54)34(58-40(42)56)24-11-5-2-6-12-24/h1-6,9-12,15-18,21-22,31-34H,7-8,13-14,19-20H2,(H2,41,55)(H2,42,56)(H,43,45)(H,44,46)/t31-,32-,33+,34+/m0/s1. The van der Waals surface area contributed by atoms with Crippen LogP contribution in [-0.4, -0.2) is 87.2 Å². The van der Waals surface area contributed by atoms with Gasteiger partial charge in [0.1, 0.15) is 34.4 Å². The van der Waals surface area contributed by atoms with Crippen LogP contribution in [0.4, 0.5) is 9.59 Å². The predicted octanol–water partition coefficient (Wildman–Crippen LogP) is 4.71. The molecule has 18 heteroatoms. The fraction of sp³-hybridized carbons (Fsp3) is 0.250. The summed E-state index contributed by atoms with van der Waals surface area (Å²) in [5, 5.41) is 17.5. The van der Waals surface area contributed by atoms with Crippen molar-refractivity contribution in [3.05, 3.63) is 120 Å². The highest BCUT2D eigenvalue weighted by Crippen LogP contribution is 2.36. The number of amides is 4. The second-order valence-corrected chi connectivity index (χ2v) is 13.8. The molecule has 0 saturated carbocycles. The van der Waals surface area contributed by atoms with Gasteiger partial charge in [-0.25, -0.2) is 19.6 Å². The maximum Gasteiger partial charge on any atom is 0.405 e. The minimum atomic E-state index is -1.17. The number of hydrogen-bond acceptors (Lipinski definition) is 12. The molecule has 2 aliphatic heterocycles.